The molecule has 2 aromatic rings. The summed E-state index contributed by atoms with van der Waals surface area (Å²) in [5.74, 6) is 1.86. The van der Waals surface area contributed by atoms with Gasteiger partial charge >= 0.3 is 0 Å². The average Bonchev–Trinajstić information content (AvgIpc) is 3.18. The monoisotopic (exact) mass is 339 g/mol. The van der Waals surface area contributed by atoms with Gasteiger partial charge in [0.1, 0.15) is 5.76 Å². The van der Waals surface area contributed by atoms with Gasteiger partial charge in [0.15, 0.2) is 0 Å². The highest BCUT2D eigenvalue weighted by atomic mass is 16.5. The van der Waals surface area contributed by atoms with E-state index in [-0.39, 0.29) is 5.91 Å². The summed E-state index contributed by atoms with van der Waals surface area (Å²) in [6, 6.07) is 11.0. The Labute approximate surface area is 148 Å². The summed E-state index contributed by atoms with van der Waals surface area (Å²) in [5, 5.41) is 7.50. The van der Waals surface area contributed by atoms with Gasteiger partial charge in [0.05, 0.1) is 12.1 Å². The predicted octanol–water partition coefficient (Wildman–Crippen LogP) is 2.44. The third kappa shape index (κ3) is 2.97. The summed E-state index contributed by atoms with van der Waals surface area (Å²) in [6.45, 7) is 6.57. The Morgan fingerprint density at radius 1 is 1.32 bits per heavy atom. The van der Waals surface area contributed by atoms with Crippen molar-refractivity contribution in [3.63, 3.8) is 0 Å². The molecular formula is C20H25N3O2. The summed E-state index contributed by atoms with van der Waals surface area (Å²) in [5.41, 5.74) is 3.11. The van der Waals surface area contributed by atoms with Gasteiger partial charge in [-0.2, -0.15) is 0 Å². The lowest BCUT2D eigenvalue weighted by Crippen LogP contribution is -2.46. The van der Waals surface area contributed by atoms with Crippen molar-refractivity contribution in [2.75, 3.05) is 19.6 Å². The number of hydrogen-bond acceptors (Lipinski definition) is 4. The van der Waals surface area contributed by atoms with Gasteiger partial charge in [-0.05, 0) is 32.4 Å². The maximum atomic E-state index is 13.1. The number of carbonyl (C=O) groups is 1. The van der Waals surface area contributed by atoms with Gasteiger partial charge in [0.2, 0.25) is 5.91 Å². The Morgan fingerprint density at radius 2 is 2.12 bits per heavy atom. The zero-order valence-electron chi connectivity index (χ0n) is 14.9. The fourth-order valence-corrected chi connectivity index (χ4v) is 4.50. The van der Waals surface area contributed by atoms with Gasteiger partial charge in [0.25, 0.3) is 0 Å². The number of fused-ring (bicyclic) bond motifs is 1. The Bertz CT molecular complexity index is 736. The van der Waals surface area contributed by atoms with E-state index in [1.807, 2.05) is 13.8 Å². The fourth-order valence-electron chi connectivity index (χ4n) is 4.50. The van der Waals surface area contributed by atoms with Gasteiger partial charge in [0, 0.05) is 36.5 Å². The van der Waals surface area contributed by atoms with Gasteiger partial charge < -0.3 is 14.7 Å². The van der Waals surface area contributed by atoms with E-state index in [0.29, 0.717) is 24.3 Å². The maximum Gasteiger partial charge on any atom is 0.227 e. The molecule has 5 nitrogen and oxygen atoms in total. The lowest BCUT2D eigenvalue weighted by atomic mass is 9.82. The van der Waals surface area contributed by atoms with Crippen LogP contribution in [0.15, 0.2) is 34.9 Å². The zero-order chi connectivity index (χ0) is 17.4. The Kier molecular flexibility index (Phi) is 4.34. The molecule has 1 aromatic heterocycles. The van der Waals surface area contributed by atoms with Gasteiger partial charge in [-0.1, -0.05) is 35.5 Å². The number of piperidine rings is 1. The molecule has 3 atom stereocenters. The van der Waals surface area contributed by atoms with Crippen LogP contribution in [0.1, 0.15) is 34.9 Å². The summed E-state index contributed by atoms with van der Waals surface area (Å²) < 4.78 is 5.23. The first-order chi connectivity index (χ1) is 12.1. The quantitative estimate of drug-likeness (QED) is 0.933. The Hall–Kier alpha value is -2.14. The molecule has 1 N–H and O–H groups in total. The number of carbonyl (C=O) groups excluding carboxylic acids is 1. The van der Waals surface area contributed by atoms with Crippen molar-refractivity contribution in [3.05, 3.63) is 52.9 Å². The molecule has 0 unspecified atom stereocenters. The van der Waals surface area contributed by atoms with E-state index < -0.39 is 0 Å². The second-order valence-electron chi connectivity index (χ2n) is 7.27. The summed E-state index contributed by atoms with van der Waals surface area (Å²) >= 11 is 0. The normalized spacial score (nSPS) is 25.8. The maximum absolute atomic E-state index is 13.1. The van der Waals surface area contributed by atoms with Crippen molar-refractivity contribution < 1.29 is 9.32 Å². The number of benzene rings is 1. The average molecular weight is 339 g/mol. The van der Waals surface area contributed by atoms with Gasteiger partial charge in [-0.25, -0.2) is 0 Å². The van der Waals surface area contributed by atoms with Crippen LogP contribution >= 0.6 is 0 Å². The molecule has 25 heavy (non-hydrogen) atoms. The molecule has 1 aromatic carbocycles. The number of amides is 1. The van der Waals surface area contributed by atoms with Crippen LogP contribution in [0, 0.1) is 19.8 Å². The van der Waals surface area contributed by atoms with Crippen LogP contribution in [-0.2, 0) is 11.2 Å². The van der Waals surface area contributed by atoms with E-state index in [1.54, 1.807) is 0 Å². The molecule has 2 fully saturated rings. The second kappa shape index (κ2) is 6.64. The van der Waals surface area contributed by atoms with E-state index in [2.05, 4.69) is 45.7 Å². The van der Waals surface area contributed by atoms with Crippen LogP contribution in [0.25, 0.3) is 0 Å². The first-order valence-corrected chi connectivity index (χ1v) is 9.12. The molecule has 0 aliphatic carbocycles. The van der Waals surface area contributed by atoms with E-state index in [1.165, 1.54) is 5.56 Å². The van der Waals surface area contributed by atoms with Crippen LogP contribution in [0.2, 0.25) is 0 Å². The zero-order valence-corrected chi connectivity index (χ0v) is 14.9. The largest absolute Gasteiger partial charge is 0.361 e. The molecule has 1 amide bonds. The standard InChI is InChI=1S/C20H25N3O2/c1-13-16(14(2)25-22-13)10-20(24)23-12-18(15-6-4-3-5-7-15)17-11-21-9-8-19(17)23/h3-7,17-19,21H,8-12H2,1-2H3/t17-,18-,19-/m1/s1. The van der Waals surface area contributed by atoms with Crippen molar-refractivity contribution in [1.82, 2.24) is 15.4 Å². The molecular weight excluding hydrogens is 314 g/mol. The molecule has 0 spiro atoms. The van der Waals surface area contributed by atoms with E-state index >= 15 is 0 Å². The van der Waals surface area contributed by atoms with Crippen LogP contribution in [-0.4, -0.2) is 41.6 Å². The number of nitrogens with one attached hydrogen (secondary N) is 1. The molecule has 5 heteroatoms. The third-order valence-electron chi connectivity index (χ3n) is 5.86. The minimum Gasteiger partial charge on any atom is -0.361 e. The molecule has 2 aliphatic rings. The Balaban J connectivity index is 1.58. The molecule has 132 valence electrons. The third-order valence-corrected chi connectivity index (χ3v) is 5.86. The fraction of sp³-hybridized carbons (Fsp3) is 0.500. The summed E-state index contributed by atoms with van der Waals surface area (Å²) in [6.07, 6.45) is 1.42. The van der Waals surface area contributed by atoms with Crippen molar-refractivity contribution in [1.29, 1.82) is 0 Å². The highest BCUT2D eigenvalue weighted by Gasteiger charge is 2.45. The number of nitrogens with zero attached hydrogens (tertiary/aromatic N) is 2. The minimum absolute atomic E-state index is 0.199. The molecule has 0 radical (unpaired) electrons. The minimum atomic E-state index is 0.199. The lowest BCUT2D eigenvalue weighted by molar-refractivity contribution is -0.132. The molecule has 2 aliphatic heterocycles. The van der Waals surface area contributed by atoms with Crippen molar-refractivity contribution in [2.45, 2.75) is 38.6 Å². The smallest absolute Gasteiger partial charge is 0.227 e. The number of aryl methyl sites for hydroxylation is 2. The van der Waals surface area contributed by atoms with Crippen molar-refractivity contribution in [2.24, 2.45) is 5.92 Å². The highest BCUT2D eigenvalue weighted by molar-refractivity contribution is 5.80. The molecule has 2 saturated heterocycles. The van der Waals surface area contributed by atoms with E-state index in [4.69, 9.17) is 4.52 Å². The van der Waals surface area contributed by atoms with Crippen LogP contribution in [0.5, 0.6) is 0 Å². The molecule has 4 rings (SSSR count). The van der Waals surface area contributed by atoms with E-state index in [9.17, 15) is 4.79 Å². The highest BCUT2D eigenvalue weighted by Crippen LogP contribution is 2.40. The number of rotatable bonds is 3. The van der Waals surface area contributed by atoms with Crippen LogP contribution in [0.3, 0.4) is 0 Å². The molecule has 0 bridgehead atoms. The number of aromatic nitrogens is 1. The Morgan fingerprint density at radius 3 is 2.84 bits per heavy atom. The lowest BCUT2D eigenvalue weighted by Gasteiger charge is -2.33. The van der Waals surface area contributed by atoms with Gasteiger partial charge in [-0.15, -0.1) is 0 Å². The molecule has 0 saturated carbocycles. The predicted molar refractivity (Wildman–Crippen MR) is 95.3 cm³/mol. The second-order valence-corrected chi connectivity index (χ2v) is 7.27. The van der Waals surface area contributed by atoms with Gasteiger partial charge in [-0.3, -0.25) is 4.79 Å². The van der Waals surface area contributed by atoms with Crippen LogP contribution in [0.4, 0.5) is 0 Å². The molecule has 3 heterocycles. The van der Waals surface area contributed by atoms with E-state index in [0.717, 1.165) is 43.1 Å². The summed E-state index contributed by atoms with van der Waals surface area (Å²) in [7, 11) is 0. The van der Waals surface area contributed by atoms with Crippen molar-refractivity contribution >= 4 is 5.91 Å². The number of hydrogen-bond donors (Lipinski definition) is 1. The topological polar surface area (TPSA) is 58.4 Å². The summed E-state index contributed by atoms with van der Waals surface area (Å²) in [4.78, 5) is 15.2. The SMILES string of the molecule is Cc1noc(C)c1CC(=O)N1C[C@H](c2ccccc2)[C@H]2CNCC[C@H]21. The first kappa shape index (κ1) is 16.3. The number of likely N-dealkylation sites (tertiary alicyclic amines) is 1. The van der Waals surface area contributed by atoms with Crippen LogP contribution < -0.4 is 5.32 Å². The first-order valence-electron chi connectivity index (χ1n) is 9.12. The van der Waals surface area contributed by atoms with Crippen molar-refractivity contribution in [3.8, 4) is 0 Å².